The maximum absolute atomic E-state index is 13.0. The summed E-state index contributed by atoms with van der Waals surface area (Å²) < 4.78 is 26.1. The summed E-state index contributed by atoms with van der Waals surface area (Å²) in [4.78, 5) is 16.9. The first-order chi connectivity index (χ1) is 15.0. The van der Waals surface area contributed by atoms with Crippen LogP contribution in [0.3, 0.4) is 0 Å². The number of hydrogen-bond donors (Lipinski definition) is 0. The highest BCUT2D eigenvalue weighted by molar-refractivity contribution is 5.44. The lowest BCUT2D eigenvalue weighted by atomic mass is 10.1. The standard InChI is InChI=1S/C25H27FN2O3/c1-17-15-22(9-10-23(17)31-16-18(2)20-5-6-20)28-13-12-27-24(25(28)29)30-14-11-19-3-7-21(26)8-4-19/h3-4,7-10,12-13,15,18,20H,5-6,11,14,16H2,1-2H3. The van der Waals surface area contributed by atoms with Crippen LogP contribution in [-0.4, -0.2) is 22.8 Å². The Morgan fingerprint density at radius 1 is 1.16 bits per heavy atom. The van der Waals surface area contributed by atoms with Crippen LogP contribution in [0.1, 0.15) is 30.9 Å². The van der Waals surface area contributed by atoms with Gasteiger partial charge in [-0.25, -0.2) is 9.37 Å². The van der Waals surface area contributed by atoms with Crippen LogP contribution in [0.15, 0.2) is 59.7 Å². The highest BCUT2D eigenvalue weighted by Gasteiger charge is 2.28. The third-order valence-electron chi connectivity index (χ3n) is 5.72. The lowest BCUT2D eigenvalue weighted by molar-refractivity contribution is 0.243. The molecule has 1 saturated carbocycles. The lowest BCUT2D eigenvalue weighted by Gasteiger charge is -2.15. The average Bonchev–Trinajstić information content (AvgIpc) is 3.61. The number of halogens is 1. The second-order valence-electron chi connectivity index (χ2n) is 8.21. The van der Waals surface area contributed by atoms with E-state index in [0.29, 0.717) is 18.9 Å². The monoisotopic (exact) mass is 422 g/mol. The topological polar surface area (TPSA) is 53.4 Å². The van der Waals surface area contributed by atoms with Crippen molar-refractivity contribution in [2.45, 2.75) is 33.1 Å². The SMILES string of the molecule is Cc1cc(-n2ccnc(OCCc3ccc(F)cc3)c2=O)ccc1OCC(C)C1CC1. The molecule has 31 heavy (non-hydrogen) atoms. The summed E-state index contributed by atoms with van der Waals surface area (Å²) in [7, 11) is 0. The van der Waals surface area contributed by atoms with Crippen LogP contribution >= 0.6 is 0 Å². The van der Waals surface area contributed by atoms with E-state index >= 15 is 0 Å². The maximum atomic E-state index is 13.0. The Hall–Kier alpha value is -3.15. The Kier molecular flexibility index (Phi) is 6.35. The van der Waals surface area contributed by atoms with Crippen molar-refractivity contribution < 1.29 is 13.9 Å². The van der Waals surface area contributed by atoms with Crippen molar-refractivity contribution in [3.63, 3.8) is 0 Å². The Labute approximate surface area is 181 Å². The predicted molar refractivity (Wildman–Crippen MR) is 118 cm³/mol. The first-order valence-electron chi connectivity index (χ1n) is 10.7. The van der Waals surface area contributed by atoms with Gasteiger partial charge in [-0.15, -0.1) is 0 Å². The summed E-state index contributed by atoms with van der Waals surface area (Å²) in [6.45, 7) is 5.21. The molecule has 162 valence electrons. The van der Waals surface area contributed by atoms with Gasteiger partial charge in [-0.2, -0.15) is 0 Å². The summed E-state index contributed by atoms with van der Waals surface area (Å²) in [5, 5.41) is 0. The van der Waals surface area contributed by atoms with Crippen LogP contribution in [0.25, 0.3) is 5.69 Å². The van der Waals surface area contributed by atoms with E-state index in [1.165, 1.54) is 29.5 Å². The molecule has 0 spiro atoms. The van der Waals surface area contributed by atoms with E-state index in [2.05, 4.69) is 11.9 Å². The molecule has 1 fully saturated rings. The molecule has 0 N–H and O–H groups in total. The minimum Gasteiger partial charge on any atom is -0.493 e. The first-order valence-corrected chi connectivity index (χ1v) is 10.7. The van der Waals surface area contributed by atoms with Crippen LogP contribution in [0, 0.1) is 24.6 Å². The van der Waals surface area contributed by atoms with Crippen LogP contribution < -0.4 is 15.0 Å². The molecular weight excluding hydrogens is 395 g/mol. The quantitative estimate of drug-likeness (QED) is 0.500. The molecule has 0 saturated heterocycles. The molecule has 4 rings (SSSR count). The van der Waals surface area contributed by atoms with E-state index in [0.717, 1.165) is 28.5 Å². The van der Waals surface area contributed by atoms with Gasteiger partial charge in [0.2, 0.25) is 0 Å². The zero-order valence-electron chi connectivity index (χ0n) is 17.9. The van der Waals surface area contributed by atoms with Gasteiger partial charge in [0.15, 0.2) is 0 Å². The molecule has 6 heteroatoms. The summed E-state index contributed by atoms with van der Waals surface area (Å²) in [5.41, 5.74) is 2.32. The number of rotatable bonds is 9. The molecule has 1 atom stereocenters. The van der Waals surface area contributed by atoms with Crippen LogP contribution in [0.5, 0.6) is 11.6 Å². The number of aryl methyl sites for hydroxylation is 1. The summed E-state index contributed by atoms with van der Waals surface area (Å²) in [6.07, 6.45) is 6.34. The molecule has 0 bridgehead atoms. The number of nitrogens with zero attached hydrogens (tertiary/aromatic N) is 2. The highest BCUT2D eigenvalue weighted by atomic mass is 19.1. The molecule has 5 nitrogen and oxygen atoms in total. The molecule has 1 aliphatic rings. The van der Waals surface area contributed by atoms with E-state index in [-0.39, 0.29) is 23.9 Å². The van der Waals surface area contributed by atoms with Gasteiger partial charge in [0.25, 0.3) is 5.88 Å². The van der Waals surface area contributed by atoms with Crippen molar-refractivity contribution in [1.82, 2.24) is 9.55 Å². The number of aromatic nitrogens is 2. The summed E-state index contributed by atoms with van der Waals surface area (Å²) >= 11 is 0. The molecule has 2 aromatic carbocycles. The van der Waals surface area contributed by atoms with Crippen molar-refractivity contribution in [3.8, 4) is 17.3 Å². The van der Waals surface area contributed by atoms with Gasteiger partial charge >= 0.3 is 5.56 Å². The van der Waals surface area contributed by atoms with Crippen LogP contribution in [0.4, 0.5) is 4.39 Å². The average molecular weight is 423 g/mol. The van der Waals surface area contributed by atoms with Gasteiger partial charge in [0.05, 0.1) is 13.2 Å². The summed E-state index contributed by atoms with van der Waals surface area (Å²) in [6, 6.07) is 11.9. The smallest absolute Gasteiger partial charge is 0.317 e. The van der Waals surface area contributed by atoms with Gasteiger partial charge < -0.3 is 9.47 Å². The van der Waals surface area contributed by atoms with Crippen molar-refractivity contribution in [2.24, 2.45) is 11.8 Å². The van der Waals surface area contributed by atoms with Gasteiger partial charge in [-0.1, -0.05) is 19.1 Å². The number of benzene rings is 2. The van der Waals surface area contributed by atoms with Gasteiger partial charge in [0.1, 0.15) is 11.6 Å². The highest BCUT2D eigenvalue weighted by Crippen LogP contribution is 2.37. The number of hydrogen-bond acceptors (Lipinski definition) is 4. The van der Waals surface area contributed by atoms with Crippen LogP contribution in [-0.2, 0) is 6.42 Å². The van der Waals surface area contributed by atoms with E-state index in [9.17, 15) is 9.18 Å². The Balaban J connectivity index is 1.42. The first kappa shape index (κ1) is 21.1. The largest absolute Gasteiger partial charge is 0.493 e. The van der Waals surface area contributed by atoms with E-state index in [1.807, 2.05) is 25.1 Å². The third kappa shape index (κ3) is 5.32. The minimum atomic E-state index is -0.322. The molecule has 3 aromatic rings. The molecule has 0 radical (unpaired) electrons. The third-order valence-corrected chi connectivity index (χ3v) is 5.72. The molecule has 1 unspecified atom stereocenters. The zero-order valence-corrected chi connectivity index (χ0v) is 17.9. The van der Waals surface area contributed by atoms with Crippen molar-refractivity contribution >= 4 is 0 Å². The van der Waals surface area contributed by atoms with E-state index < -0.39 is 0 Å². The Bertz CT molecular complexity index is 1090. The van der Waals surface area contributed by atoms with Gasteiger partial charge in [-0.3, -0.25) is 9.36 Å². The zero-order chi connectivity index (χ0) is 21.8. The fraction of sp³-hybridized carbons (Fsp3) is 0.360. The van der Waals surface area contributed by atoms with Crippen molar-refractivity contribution in [1.29, 1.82) is 0 Å². The molecule has 0 aliphatic heterocycles. The fourth-order valence-corrected chi connectivity index (χ4v) is 3.58. The Morgan fingerprint density at radius 3 is 2.65 bits per heavy atom. The summed E-state index contributed by atoms with van der Waals surface area (Å²) in [5.74, 6) is 1.98. The molecule has 1 heterocycles. The van der Waals surface area contributed by atoms with Crippen LogP contribution in [0.2, 0.25) is 0 Å². The second-order valence-corrected chi connectivity index (χ2v) is 8.21. The molecular formula is C25H27FN2O3. The normalized spacial score (nSPS) is 14.3. The van der Waals surface area contributed by atoms with Gasteiger partial charge in [0, 0.05) is 24.5 Å². The molecule has 1 aliphatic carbocycles. The van der Waals surface area contributed by atoms with Crippen molar-refractivity contribution in [3.05, 3.63) is 82.2 Å². The lowest BCUT2D eigenvalue weighted by Crippen LogP contribution is -2.22. The fourth-order valence-electron chi connectivity index (χ4n) is 3.58. The number of ether oxygens (including phenoxy) is 2. The van der Waals surface area contributed by atoms with Crippen molar-refractivity contribution in [2.75, 3.05) is 13.2 Å². The minimum absolute atomic E-state index is 0.0425. The predicted octanol–water partition coefficient (Wildman–Crippen LogP) is 4.73. The van der Waals surface area contributed by atoms with E-state index in [1.54, 1.807) is 24.5 Å². The second kappa shape index (κ2) is 9.33. The maximum Gasteiger partial charge on any atom is 0.317 e. The van der Waals surface area contributed by atoms with E-state index in [4.69, 9.17) is 9.47 Å². The Morgan fingerprint density at radius 2 is 1.94 bits per heavy atom. The van der Waals surface area contributed by atoms with Gasteiger partial charge in [-0.05, 0) is 73.1 Å². The molecule has 0 amide bonds. The molecule has 1 aromatic heterocycles.